The number of carbonyl (C=O) groups is 1. The summed E-state index contributed by atoms with van der Waals surface area (Å²) in [5.41, 5.74) is 0. The Morgan fingerprint density at radius 3 is 2.43 bits per heavy atom. The number of rotatable bonds is 1. The van der Waals surface area contributed by atoms with Gasteiger partial charge in [-0.3, -0.25) is 0 Å². The molecule has 1 amide bonds. The molecule has 0 aromatic heterocycles. The van der Waals surface area contributed by atoms with Crippen molar-refractivity contribution in [2.45, 2.75) is 4.05 Å². The summed E-state index contributed by atoms with van der Waals surface area (Å²) in [6, 6.07) is 0. The summed E-state index contributed by atoms with van der Waals surface area (Å²) in [5, 5.41) is 10.0. The second kappa shape index (κ2) is 3.06. The van der Waals surface area contributed by atoms with Crippen LogP contribution in [0, 0.1) is 6.92 Å². The van der Waals surface area contributed by atoms with Crippen LogP contribution in [-0.2, 0) is 0 Å². The summed E-state index contributed by atoms with van der Waals surface area (Å²) in [5.74, 6) is 0. The molecule has 2 N–H and O–H groups in total. The average molecular weight is 214 g/mol. The molecule has 0 saturated heterocycles. The third-order valence-electron chi connectivity index (χ3n) is 0.280. The first-order valence-electron chi connectivity index (χ1n) is 1.59. The molecule has 0 aromatic carbocycles. The summed E-state index contributed by atoms with van der Waals surface area (Å²) in [6.45, 7) is 3.37. The maximum absolute atomic E-state index is 9.65. The van der Waals surface area contributed by atoms with Crippen molar-refractivity contribution in [2.24, 2.45) is 0 Å². The zero-order chi connectivity index (χ0) is 5.86. The van der Waals surface area contributed by atoms with Gasteiger partial charge in [-0.05, 0) is 6.92 Å². The molecule has 3 nitrogen and oxygen atoms in total. The van der Waals surface area contributed by atoms with Gasteiger partial charge >= 0.3 is 6.09 Å². The van der Waals surface area contributed by atoms with Crippen LogP contribution < -0.4 is 5.32 Å². The van der Waals surface area contributed by atoms with E-state index < -0.39 is 6.09 Å². The van der Waals surface area contributed by atoms with Crippen molar-refractivity contribution in [1.82, 2.24) is 5.32 Å². The van der Waals surface area contributed by atoms with Gasteiger partial charge in [-0.25, -0.2) is 4.79 Å². The van der Waals surface area contributed by atoms with Crippen LogP contribution in [0.15, 0.2) is 0 Å². The Kier molecular flexibility index (Phi) is 3.06. The second-order valence-electron chi connectivity index (χ2n) is 0.917. The zero-order valence-corrected chi connectivity index (χ0v) is 5.68. The fourth-order valence-electron chi connectivity index (χ4n) is 0.134. The fourth-order valence-corrected chi connectivity index (χ4v) is 0.400. The van der Waals surface area contributed by atoms with Crippen molar-refractivity contribution in [1.29, 1.82) is 0 Å². The highest BCUT2D eigenvalue weighted by Gasteiger charge is 1.96. The smallest absolute Gasteiger partial charge is 0.405 e. The van der Waals surface area contributed by atoms with Crippen LogP contribution >= 0.6 is 22.6 Å². The normalized spacial score (nSPS) is 12.9. The Morgan fingerprint density at radius 2 is 2.43 bits per heavy atom. The van der Waals surface area contributed by atoms with Crippen molar-refractivity contribution < 1.29 is 9.90 Å². The second-order valence-corrected chi connectivity index (χ2v) is 2.42. The summed E-state index contributed by atoms with van der Waals surface area (Å²) >= 11 is 1.85. The molecule has 0 saturated carbocycles. The molecule has 1 atom stereocenters. The number of amides is 1. The van der Waals surface area contributed by atoms with E-state index in [2.05, 4.69) is 12.2 Å². The van der Waals surface area contributed by atoms with Crippen molar-refractivity contribution in [2.75, 3.05) is 0 Å². The van der Waals surface area contributed by atoms with E-state index in [0.717, 1.165) is 0 Å². The molecule has 0 aliphatic rings. The van der Waals surface area contributed by atoms with E-state index in [1.54, 1.807) is 0 Å². The number of carboxylic acid groups (broad SMARTS) is 1. The number of halogens is 1. The first-order valence-corrected chi connectivity index (χ1v) is 2.84. The van der Waals surface area contributed by atoms with E-state index in [4.69, 9.17) is 5.11 Å². The Morgan fingerprint density at radius 1 is 2.00 bits per heavy atom. The Hall–Kier alpha value is 0. The van der Waals surface area contributed by atoms with E-state index in [9.17, 15) is 4.79 Å². The largest absolute Gasteiger partial charge is 0.465 e. The minimum atomic E-state index is -1.03. The maximum Gasteiger partial charge on any atom is 0.405 e. The first kappa shape index (κ1) is 7.00. The lowest BCUT2D eigenvalue weighted by Gasteiger charge is -1.98. The molecule has 4 heteroatoms. The van der Waals surface area contributed by atoms with Gasteiger partial charge in [0.1, 0.15) is 0 Å². The van der Waals surface area contributed by atoms with E-state index in [1.807, 2.05) is 22.6 Å². The summed E-state index contributed by atoms with van der Waals surface area (Å²) in [7, 11) is 0. The third kappa shape index (κ3) is 6.00. The van der Waals surface area contributed by atoms with Crippen molar-refractivity contribution >= 4 is 28.7 Å². The summed E-state index contributed by atoms with van der Waals surface area (Å²) in [6.07, 6.45) is -1.03. The van der Waals surface area contributed by atoms with Crippen LogP contribution in [0.25, 0.3) is 0 Å². The molecule has 7 heavy (non-hydrogen) atoms. The zero-order valence-electron chi connectivity index (χ0n) is 3.52. The van der Waals surface area contributed by atoms with Gasteiger partial charge in [-0.1, -0.05) is 22.6 Å². The molecular formula is C3H5INO2. The lowest BCUT2D eigenvalue weighted by molar-refractivity contribution is 0.195. The Labute approximate surface area is 55.2 Å². The quantitative estimate of drug-likeness (QED) is 0.386. The molecule has 0 bridgehead atoms. The lowest BCUT2D eigenvalue weighted by atomic mass is 10.8. The third-order valence-corrected chi connectivity index (χ3v) is 0.591. The van der Waals surface area contributed by atoms with Gasteiger partial charge in [-0.2, -0.15) is 0 Å². The fraction of sp³-hybridized carbons (Fsp3) is 0.333. The maximum atomic E-state index is 9.65. The van der Waals surface area contributed by atoms with Gasteiger partial charge < -0.3 is 10.4 Å². The van der Waals surface area contributed by atoms with E-state index >= 15 is 0 Å². The van der Waals surface area contributed by atoms with Crippen molar-refractivity contribution in [3.63, 3.8) is 0 Å². The van der Waals surface area contributed by atoms with Gasteiger partial charge in [0.05, 0.1) is 4.05 Å². The molecule has 0 rings (SSSR count). The average Bonchev–Trinajstić information content (AvgIpc) is 1.27. The van der Waals surface area contributed by atoms with Crippen molar-refractivity contribution in [3.05, 3.63) is 6.92 Å². The molecule has 0 heterocycles. The van der Waals surface area contributed by atoms with Crippen LogP contribution in [0.5, 0.6) is 0 Å². The number of nitrogens with one attached hydrogen (secondary N) is 1. The lowest BCUT2D eigenvalue weighted by Crippen LogP contribution is -2.25. The predicted molar refractivity (Wildman–Crippen MR) is 34.3 cm³/mol. The van der Waals surface area contributed by atoms with Crippen LogP contribution in [0.3, 0.4) is 0 Å². The first-order chi connectivity index (χ1) is 3.13. The summed E-state index contributed by atoms with van der Waals surface area (Å²) in [4.78, 5) is 9.65. The van der Waals surface area contributed by atoms with Gasteiger partial charge in [0.2, 0.25) is 0 Å². The van der Waals surface area contributed by atoms with Gasteiger partial charge in [0.15, 0.2) is 0 Å². The minimum Gasteiger partial charge on any atom is -0.465 e. The highest BCUT2D eigenvalue weighted by molar-refractivity contribution is 14.1. The molecule has 0 fully saturated rings. The number of alkyl halides is 1. The minimum absolute atomic E-state index is 0.255. The predicted octanol–water partition coefficient (Wildman–Crippen LogP) is 0.849. The van der Waals surface area contributed by atoms with Crippen molar-refractivity contribution in [3.8, 4) is 0 Å². The molecule has 0 aromatic rings. The highest BCUT2D eigenvalue weighted by Crippen LogP contribution is 1.89. The molecule has 41 valence electrons. The SMILES string of the molecule is [CH2]C(I)NC(=O)O. The monoisotopic (exact) mass is 214 g/mol. The molecular weight excluding hydrogens is 209 g/mol. The van der Waals surface area contributed by atoms with Crippen LogP contribution in [0.2, 0.25) is 0 Å². The van der Waals surface area contributed by atoms with Crippen LogP contribution in [0.1, 0.15) is 0 Å². The topological polar surface area (TPSA) is 49.3 Å². The number of hydrogen-bond acceptors (Lipinski definition) is 1. The standard InChI is InChI=1S/C3H5INO2/c1-2(4)5-3(6)7/h2,5H,1H2,(H,6,7). The van der Waals surface area contributed by atoms with E-state index in [0.29, 0.717) is 0 Å². The molecule has 0 aliphatic carbocycles. The molecule has 0 spiro atoms. The molecule has 0 aliphatic heterocycles. The van der Waals surface area contributed by atoms with E-state index in [1.165, 1.54) is 0 Å². The highest BCUT2D eigenvalue weighted by atomic mass is 127. The molecule has 1 unspecified atom stereocenters. The van der Waals surface area contributed by atoms with Gasteiger partial charge in [-0.15, -0.1) is 0 Å². The van der Waals surface area contributed by atoms with E-state index in [-0.39, 0.29) is 4.05 Å². The van der Waals surface area contributed by atoms with Gasteiger partial charge in [0, 0.05) is 0 Å². The Bertz CT molecular complexity index is 73.3. The van der Waals surface area contributed by atoms with Gasteiger partial charge in [0.25, 0.3) is 0 Å². The number of hydrogen-bond donors (Lipinski definition) is 2. The Balaban J connectivity index is 3.13. The summed E-state index contributed by atoms with van der Waals surface area (Å²) < 4.78 is -0.255. The van der Waals surface area contributed by atoms with Crippen LogP contribution in [0.4, 0.5) is 4.79 Å². The van der Waals surface area contributed by atoms with Crippen LogP contribution in [-0.4, -0.2) is 15.2 Å². The molecule has 1 radical (unpaired) electrons.